The van der Waals surface area contributed by atoms with Gasteiger partial charge in [0.15, 0.2) is 6.29 Å². The topological polar surface area (TPSA) is 62.3 Å². The van der Waals surface area contributed by atoms with Crippen molar-refractivity contribution < 1.29 is 9.59 Å². The van der Waals surface area contributed by atoms with Crippen LogP contribution in [0.15, 0.2) is 18.3 Å². The van der Waals surface area contributed by atoms with E-state index in [1.807, 2.05) is 4.90 Å². The van der Waals surface area contributed by atoms with Gasteiger partial charge in [0.25, 0.3) is 0 Å². The van der Waals surface area contributed by atoms with E-state index in [2.05, 4.69) is 10.3 Å². The quantitative estimate of drug-likeness (QED) is 0.723. The van der Waals surface area contributed by atoms with E-state index in [0.717, 1.165) is 6.29 Å². The van der Waals surface area contributed by atoms with Crippen molar-refractivity contribution in [2.45, 2.75) is 6.42 Å². The molecule has 1 N–H and O–H groups in total. The molecule has 0 aliphatic carbocycles. The first-order chi connectivity index (χ1) is 7.81. The number of amides is 1. The van der Waals surface area contributed by atoms with Crippen LogP contribution in [0.1, 0.15) is 16.8 Å². The Labute approximate surface area is 93.5 Å². The van der Waals surface area contributed by atoms with Gasteiger partial charge in [-0.25, -0.2) is 4.98 Å². The number of aldehydes is 1. The van der Waals surface area contributed by atoms with Crippen molar-refractivity contribution in [3.05, 3.63) is 23.9 Å². The van der Waals surface area contributed by atoms with Crippen LogP contribution in [0.25, 0.3) is 0 Å². The van der Waals surface area contributed by atoms with Crippen LogP contribution < -0.4 is 10.2 Å². The van der Waals surface area contributed by atoms with Crippen molar-refractivity contribution in [1.82, 2.24) is 10.3 Å². The maximum atomic E-state index is 11.2. The minimum absolute atomic E-state index is 0.0473. The van der Waals surface area contributed by atoms with Gasteiger partial charge >= 0.3 is 0 Å². The Morgan fingerprint density at radius 2 is 2.31 bits per heavy atom. The summed E-state index contributed by atoms with van der Waals surface area (Å²) in [5.41, 5.74) is 0.567. The smallest absolute Gasteiger partial charge is 0.221 e. The molecule has 0 bridgehead atoms. The molecular formula is C11H13N3O2. The number of hydrogen-bond donors (Lipinski definition) is 1. The molecule has 0 atom stereocenters. The number of carbonyl (C=O) groups excluding carboxylic acids is 2. The van der Waals surface area contributed by atoms with Crippen LogP contribution in [0.5, 0.6) is 0 Å². The zero-order valence-corrected chi connectivity index (χ0v) is 8.85. The largest absolute Gasteiger partial charge is 0.354 e. The van der Waals surface area contributed by atoms with Gasteiger partial charge in [-0.15, -0.1) is 0 Å². The summed E-state index contributed by atoms with van der Waals surface area (Å²) in [6, 6.07) is 3.46. The van der Waals surface area contributed by atoms with Gasteiger partial charge in [-0.2, -0.15) is 0 Å². The predicted molar refractivity (Wildman–Crippen MR) is 59.5 cm³/mol. The molecule has 1 saturated heterocycles. The Hall–Kier alpha value is -1.91. The van der Waals surface area contributed by atoms with E-state index in [9.17, 15) is 9.59 Å². The molecule has 1 aromatic heterocycles. The second kappa shape index (κ2) is 4.74. The van der Waals surface area contributed by atoms with Crippen LogP contribution in [0.3, 0.4) is 0 Å². The first kappa shape index (κ1) is 10.6. The lowest BCUT2D eigenvalue weighted by Crippen LogP contribution is -2.29. The second-order valence-electron chi connectivity index (χ2n) is 3.62. The summed E-state index contributed by atoms with van der Waals surface area (Å²) in [6.45, 7) is 1.88. The standard InChI is InChI=1S/C11H13N3O2/c15-8-9-2-1-4-13-11(9)14-6-3-10(16)12-5-7-14/h1-2,4,8H,3,5-7H2,(H,12,16). The highest BCUT2D eigenvalue weighted by Gasteiger charge is 2.16. The SMILES string of the molecule is O=Cc1cccnc1N1CCNC(=O)CC1. The normalized spacial score (nSPS) is 16.5. The third-order valence-electron chi connectivity index (χ3n) is 2.56. The van der Waals surface area contributed by atoms with Crippen LogP contribution in [0, 0.1) is 0 Å². The Kier molecular flexibility index (Phi) is 3.14. The number of nitrogens with one attached hydrogen (secondary N) is 1. The summed E-state index contributed by atoms with van der Waals surface area (Å²) in [7, 11) is 0. The lowest BCUT2D eigenvalue weighted by Gasteiger charge is -2.21. The first-order valence-electron chi connectivity index (χ1n) is 5.23. The van der Waals surface area contributed by atoms with Crippen LogP contribution in [-0.4, -0.2) is 36.8 Å². The van der Waals surface area contributed by atoms with Crippen molar-refractivity contribution in [3.63, 3.8) is 0 Å². The molecule has 5 heteroatoms. The summed E-state index contributed by atoms with van der Waals surface area (Å²) in [5.74, 6) is 0.708. The van der Waals surface area contributed by atoms with E-state index < -0.39 is 0 Å². The number of anilines is 1. The Morgan fingerprint density at radius 1 is 1.44 bits per heavy atom. The Balaban J connectivity index is 2.22. The minimum Gasteiger partial charge on any atom is -0.354 e. The van der Waals surface area contributed by atoms with Crippen molar-refractivity contribution >= 4 is 18.0 Å². The fraction of sp³-hybridized carbons (Fsp3) is 0.364. The monoisotopic (exact) mass is 219 g/mol. The number of hydrogen-bond acceptors (Lipinski definition) is 4. The third kappa shape index (κ3) is 2.18. The van der Waals surface area contributed by atoms with Gasteiger partial charge < -0.3 is 10.2 Å². The van der Waals surface area contributed by atoms with Gasteiger partial charge in [-0.1, -0.05) is 0 Å². The van der Waals surface area contributed by atoms with E-state index in [-0.39, 0.29) is 5.91 Å². The van der Waals surface area contributed by atoms with Gasteiger partial charge in [0.1, 0.15) is 5.82 Å². The fourth-order valence-corrected chi connectivity index (χ4v) is 1.74. The van der Waals surface area contributed by atoms with Crippen molar-refractivity contribution in [2.24, 2.45) is 0 Å². The number of rotatable bonds is 2. The number of aromatic nitrogens is 1. The highest BCUT2D eigenvalue weighted by molar-refractivity contribution is 5.83. The second-order valence-corrected chi connectivity index (χ2v) is 3.62. The summed E-state index contributed by atoms with van der Waals surface area (Å²) in [6.07, 6.45) is 2.89. The summed E-state index contributed by atoms with van der Waals surface area (Å²) in [4.78, 5) is 28.2. The molecule has 0 radical (unpaired) electrons. The van der Waals surface area contributed by atoms with E-state index in [4.69, 9.17) is 0 Å². The average Bonchev–Trinajstić information content (AvgIpc) is 2.54. The van der Waals surface area contributed by atoms with Crippen molar-refractivity contribution in [2.75, 3.05) is 24.5 Å². The predicted octanol–water partition coefficient (Wildman–Crippen LogP) is 0.220. The third-order valence-corrected chi connectivity index (χ3v) is 2.56. The maximum absolute atomic E-state index is 11.2. The van der Waals surface area contributed by atoms with Crippen LogP contribution in [-0.2, 0) is 4.79 Å². The zero-order chi connectivity index (χ0) is 11.4. The molecule has 5 nitrogen and oxygen atoms in total. The van der Waals surface area contributed by atoms with E-state index >= 15 is 0 Å². The Bertz CT molecular complexity index is 406. The zero-order valence-electron chi connectivity index (χ0n) is 8.85. The van der Waals surface area contributed by atoms with Gasteiger partial charge in [0.2, 0.25) is 5.91 Å². The van der Waals surface area contributed by atoms with Crippen LogP contribution >= 0.6 is 0 Å². The summed E-state index contributed by atoms with van der Waals surface area (Å²) in [5, 5.41) is 2.79. The highest BCUT2D eigenvalue weighted by atomic mass is 16.1. The molecule has 0 unspecified atom stereocenters. The van der Waals surface area contributed by atoms with Gasteiger partial charge in [0, 0.05) is 32.3 Å². The van der Waals surface area contributed by atoms with Crippen molar-refractivity contribution in [3.8, 4) is 0 Å². The lowest BCUT2D eigenvalue weighted by molar-refractivity contribution is -0.120. The summed E-state index contributed by atoms with van der Waals surface area (Å²) < 4.78 is 0. The molecule has 1 aliphatic rings. The van der Waals surface area contributed by atoms with Crippen LogP contribution in [0.4, 0.5) is 5.82 Å². The fourth-order valence-electron chi connectivity index (χ4n) is 1.74. The van der Waals surface area contributed by atoms with Crippen molar-refractivity contribution in [1.29, 1.82) is 0 Å². The number of nitrogens with zero attached hydrogens (tertiary/aromatic N) is 2. The van der Waals surface area contributed by atoms with E-state index in [1.54, 1.807) is 18.3 Å². The molecule has 1 aromatic rings. The minimum atomic E-state index is 0.0473. The molecule has 16 heavy (non-hydrogen) atoms. The summed E-state index contributed by atoms with van der Waals surface area (Å²) >= 11 is 0. The molecule has 1 aliphatic heterocycles. The number of carbonyl (C=O) groups is 2. The maximum Gasteiger partial charge on any atom is 0.221 e. The molecule has 84 valence electrons. The van der Waals surface area contributed by atoms with E-state index in [1.165, 1.54) is 0 Å². The molecule has 1 fully saturated rings. The van der Waals surface area contributed by atoms with Crippen LogP contribution in [0.2, 0.25) is 0 Å². The highest BCUT2D eigenvalue weighted by Crippen LogP contribution is 2.15. The first-order valence-corrected chi connectivity index (χ1v) is 5.23. The lowest BCUT2D eigenvalue weighted by atomic mass is 10.2. The Morgan fingerprint density at radius 3 is 3.12 bits per heavy atom. The van der Waals surface area contributed by atoms with Gasteiger partial charge in [0.05, 0.1) is 5.56 Å². The molecule has 0 aromatic carbocycles. The molecule has 2 heterocycles. The number of pyridine rings is 1. The molecular weight excluding hydrogens is 206 g/mol. The molecule has 0 saturated carbocycles. The molecule has 2 rings (SSSR count). The molecule has 0 spiro atoms. The van der Waals surface area contributed by atoms with Gasteiger partial charge in [-0.3, -0.25) is 9.59 Å². The van der Waals surface area contributed by atoms with E-state index in [0.29, 0.717) is 37.4 Å². The van der Waals surface area contributed by atoms with Gasteiger partial charge in [-0.05, 0) is 12.1 Å². The average molecular weight is 219 g/mol. The molecule has 1 amide bonds.